The molecule has 6 nitrogen and oxygen atoms in total. The Morgan fingerprint density at radius 1 is 1.17 bits per heavy atom. The van der Waals surface area contributed by atoms with E-state index >= 15 is 0 Å². The highest BCUT2D eigenvalue weighted by Gasteiger charge is 2.20. The van der Waals surface area contributed by atoms with Crippen molar-refractivity contribution in [3.63, 3.8) is 0 Å². The minimum Gasteiger partial charge on any atom is -0.481 e. The van der Waals surface area contributed by atoms with Gasteiger partial charge in [0.15, 0.2) is 0 Å². The maximum Gasteiger partial charge on any atom is 0.305 e. The zero-order valence-electron chi connectivity index (χ0n) is 14.0. The van der Waals surface area contributed by atoms with Crippen LogP contribution in [0.3, 0.4) is 0 Å². The summed E-state index contributed by atoms with van der Waals surface area (Å²) in [6.45, 7) is 6.31. The molecule has 126 valence electrons. The zero-order valence-corrected chi connectivity index (χ0v) is 14.0. The number of rotatable bonds is 5. The van der Waals surface area contributed by atoms with Gasteiger partial charge in [-0.2, -0.15) is 0 Å². The molecule has 1 unspecified atom stereocenters. The van der Waals surface area contributed by atoms with Crippen molar-refractivity contribution in [2.45, 2.75) is 38.6 Å². The highest BCUT2D eigenvalue weighted by Crippen LogP contribution is 2.25. The van der Waals surface area contributed by atoms with E-state index < -0.39 is 17.9 Å². The number of hydrogen-bond donors (Lipinski definition) is 2. The molecule has 0 saturated carbocycles. The van der Waals surface area contributed by atoms with E-state index in [0.717, 1.165) is 11.1 Å². The van der Waals surface area contributed by atoms with Crippen LogP contribution in [0.2, 0.25) is 0 Å². The summed E-state index contributed by atoms with van der Waals surface area (Å²) in [5.74, 6) is -1.41. The molecule has 0 radical (unpaired) electrons. The Labute approximate surface area is 141 Å². The highest BCUT2D eigenvalue weighted by molar-refractivity contribution is 5.92. The zero-order chi connectivity index (χ0) is 17.7. The van der Waals surface area contributed by atoms with Gasteiger partial charge in [0.25, 0.3) is 5.91 Å². The van der Waals surface area contributed by atoms with Crippen molar-refractivity contribution in [2.24, 2.45) is 0 Å². The summed E-state index contributed by atoms with van der Waals surface area (Å²) < 4.78 is 0. The van der Waals surface area contributed by atoms with Gasteiger partial charge in [-0.25, -0.2) is 9.97 Å². The normalized spacial score (nSPS) is 12.5. The van der Waals surface area contributed by atoms with Gasteiger partial charge >= 0.3 is 5.97 Å². The van der Waals surface area contributed by atoms with E-state index in [2.05, 4.69) is 36.1 Å². The first kappa shape index (κ1) is 17.6. The summed E-state index contributed by atoms with van der Waals surface area (Å²) in [6, 6.07) is 8.49. The van der Waals surface area contributed by atoms with Gasteiger partial charge in [0.2, 0.25) is 0 Å². The molecule has 0 fully saturated rings. The van der Waals surface area contributed by atoms with Gasteiger partial charge in [-0.15, -0.1) is 0 Å². The van der Waals surface area contributed by atoms with Crippen LogP contribution in [-0.4, -0.2) is 27.0 Å². The number of benzene rings is 1. The van der Waals surface area contributed by atoms with Gasteiger partial charge < -0.3 is 10.4 Å². The molecule has 0 spiro atoms. The molecule has 0 aliphatic heterocycles. The lowest BCUT2D eigenvalue weighted by Gasteiger charge is -2.21. The fourth-order valence-electron chi connectivity index (χ4n) is 2.30. The van der Waals surface area contributed by atoms with E-state index in [1.807, 2.05) is 24.3 Å². The van der Waals surface area contributed by atoms with Crippen LogP contribution in [0.15, 0.2) is 42.9 Å². The molecular weight excluding hydrogens is 306 g/mol. The molecule has 6 heteroatoms. The number of amides is 1. The maximum atomic E-state index is 12.2. The number of carbonyl (C=O) groups excluding carboxylic acids is 1. The minimum absolute atomic E-state index is 0.00499. The lowest BCUT2D eigenvalue weighted by atomic mass is 9.86. The largest absolute Gasteiger partial charge is 0.481 e. The Morgan fingerprint density at radius 3 is 2.33 bits per heavy atom. The highest BCUT2D eigenvalue weighted by atomic mass is 16.4. The molecule has 0 aliphatic rings. The lowest BCUT2D eigenvalue weighted by molar-refractivity contribution is -0.137. The first-order valence-electron chi connectivity index (χ1n) is 7.66. The van der Waals surface area contributed by atoms with Crippen molar-refractivity contribution < 1.29 is 14.7 Å². The molecule has 1 amide bonds. The monoisotopic (exact) mass is 327 g/mol. The lowest BCUT2D eigenvalue weighted by Crippen LogP contribution is -2.30. The van der Waals surface area contributed by atoms with Crippen molar-refractivity contribution >= 4 is 11.9 Å². The number of carboxylic acids is 1. The average Bonchev–Trinajstić information content (AvgIpc) is 2.54. The third-order valence-electron chi connectivity index (χ3n) is 3.68. The molecule has 0 bridgehead atoms. The predicted molar refractivity (Wildman–Crippen MR) is 89.6 cm³/mol. The van der Waals surface area contributed by atoms with E-state index in [4.69, 9.17) is 5.11 Å². The summed E-state index contributed by atoms with van der Waals surface area (Å²) in [5.41, 5.74) is 2.09. The number of carboxylic acid groups (broad SMARTS) is 1. The van der Waals surface area contributed by atoms with Gasteiger partial charge in [0, 0.05) is 6.20 Å². The Bertz CT molecular complexity index is 707. The van der Waals surface area contributed by atoms with E-state index in [1.165, 1.54) is 18.6 Å². The summed E-state index contributed by atoms with van der Waals surface area (Å²) in [5, 5.41) is 11.9. The van der Waals surface area contributed by atoms with Gasteiger partial charge in [0.1, 0.15) is 12.0 Å². The molecule has 1 heterocycles. The third kappa shape index (κ3) is 4.62. The van der Waals surface area contributed by atoms with Crippen molar-refractivity contribution in [1.82, 2.24) is 15.3 Å². The van der Waals surface area contributed by atoms with Crippen LogP contribution >= 0.6 is 0 Å². The Balaban J connectivity index is 2.22. The number of nitrogens with zero attached hydrogens (tertiary/aromatic N) is 2. The standard InChI is InChI=1S/C18H21N3O3/c1-18(2,3)13-6-4-12(5-7-13)15(10-16(22)23)21-17(24)14-8-9-19-11-20-14/h4-9,11,15H,10H2,1-3H3,(H,21,24)(H,22,23). The Hall–Kier alpha value is -2.76. The van der Waals surface area contributed by atoms with Gasteiger partial charge in [-0.3, -0.25) is 9.59 Å². The summed E-state index contributed by atoms with van der Waals surface area (Å²) in [4.78, 5) is 31.0. The van der Waals surface area contributed by atoms with Crippen LogP contribution in [0, 0.1) is 0 Å². The van der Waals surface area contributed by atoms with Crippen molar-refractivity contribution in [3.8, 4) is 0 Å². The fraction of sp³-hybridized carbons (Fsp3) is 0.333. The second kappa shape index (κ2) is 7.21. The number of hydrogen-bond acceptors (Lipinski definition) is 4. The topological polar surface area (TPSA) is 92.2 Å². The quantitative estimate of drug-likeness (QED) is 0.881. The van der Waals surface area contributed by atoms with Crippen LogP contribution in [-0.2, 0) is 10.2 Å². The second-order valence-electron chi connectivity index (χ2n) is 6.59. The molecule has 1 aromatic heterocycles. The molecule has 1 atom stereocenters. The number of nitrogens with one attached hydrogen (secondary N) is 1. The maximum absolute atomic E-state index is 12.2. The average molecular weight is 327 g/mol. The summed E-state index contributed by atoms with van der Waals surface area (Å²) >= 11 is 0. The molecule has 0 saturated heterocycles. The summed E-state index contributed by atoms with van der Waals surface area (Å²) in [7, 11) is 0. The van der Waals surface area contributed by atoms with E-state index in [0.29, 0.717) is 0 Å². The van der Waals surface area contributed by atoms with Crippen LogP contribution in [0.4, 0.5) is 0 Å². The number of carbonyl (C=O) groups is 2. The van der Waals surface area contributed by atoms with E-state index in [9.17, 15) is 9.59 Å². The predicted octanol–water partition coefficient (Wildman–Crippen LogP) is 2.72. The SMILES string of the molecule is CC(C)(C)c1ccc(C(CC(=O)O)NC(=O)c2ccncn2)cc1. The number of aliphatic carboxylic acids is 1. The molecule has 24 heavy (non-hydrogen) atoms. The Morgan fingerprint density at radius 2 is 1.83 bits per heavy atom. The molecule has 2 rings (SSSR count). The molecular formula is C18H21N3O3. The third-order valence-corrected chi connectivity index (χ3v) is 3.68. The second-order valence-corrected chi connectivity index (χ2v) is 6.59. The van der Waals surface area contributed by atoms with Gasteiger partial charge in [-0.1, -0.05) is 45.0 Å². The smallest absolute Gasteiger partial charge is 0.305 e. The first-order valence-corrected chi connectivity index (χ1v) is 7.66. The van der Waals surface area contributed by atoms with Crippen LogP contribution in [0.5, 0.6) is 0 Å². The van der Waals surface area contributed by atoms with Crippen LogP contribution < -0.4 is 5.32 Å². The molecule has 2 aromatic rings. The number of aromatic nitrogens is 2. The first-order chi connectivity index (χ1) is 11.3. The van der Waals surface area contributed by atoms with Crippen LogP contribution in [0.25, 0.3) is 0 Å². The van der Waals surface area contributed by atoms with E-state index in [1.54, 1.807) is 0 Å². The van der Waals surface area contributed by atoms with Crippen molar-refractivity contribution in [2.75, 3.05) is 0 Å². The molecule has 1 aromatic carbocycles. The minimum atomic E-state index is -0.983. The fourth-order valence-corrected chi connectivity index (χ4v) is 2.30. The summed E-state index contributed by atoms with van der Waals surface area (Å²) in [6.07, 6.45) is 2.54. The van der Waals surface area contributed by atoms with E-state index in [-0.39, 0.29) is 17.5 Å². The van der Waals surface area contributed by atoms with Crippen LogP contribution in [0.1, 0.15) is 54.8 Å². The van der Waals surface area contributed by atoms with Crippen molar-refractivity contribution in [1.29, 1.82) is 0 Å². The van der Waals surface area contributed by atoms with Gasteiger partial charge in [-0.05, 0) is 22.6 Å². The Kier molecular flexibility index (Phi) is 5.28. The molecule has 2 N–H and O–H groups in total. The van der Waals surface area contributed by atoms with Crippen molar-refractivity contribution in [3.05, 3.63) is 59.7 Å². The molecule has 0 aliphatic carbocycles. The van der Waals surface area contributed by atoms with Gasteiger partial charge in [0.05, 0.1) is 12.5 Å².